The van der Waals surface area contributed by atoms with Crippen molar-refractivity contribution in [2.45, 2.75) is 33.3 Å². The highest BCUT2D eigenvalue weighted by atomic mass is 16.6. The molecule has 0 atom stereocenters. The van der Waals surface area contributed by atoms with E-state index in [4.69, 9.17) is 4.74 Å². The van der Waals surface area contributed by atoms with Crippen molar-refractivity contribution < 1.29 is 19.4 Å². The van der Waals surface area contributed by atoms with Crippen molar-refractivity contribution in [3.63, 3.8) is 0 Å². The smallest absolute Gasteiger partial charge is 0.416 e. The molecule has 0 saturated heterocycles. The van der Waals surface area contributed by atoms with E-state index in [0.717, 1.165) is 16.5 Å². The number of aryl methyl sites for hydroxylation is 1. The van der Waals surface area contributed by atoms with Gasteiger partial charge in [-0.1, -0.05) is 30.3 Å². The van der Waals surface area contributed by atoms with E-state index in [1.54, 1.807) is 39.0 Å². The van der Waals surface area contributed by atoms with Crippen LogP contribution in [0.2, 0.25) is 0 Å². The Balaban J connectivity index is 2.06. The molecule has 3 aromatic rings. The van der Waals surface area contributed by atoms with Gasteiger partial charge in [-0.15, -0.1) is 0 Å². The maximum Gasteiger partial charge on any atom is 0.416 e. The highest BCUT2D eigenvalue weighted by Gasteiger charge is 2.19. The van der Waals surface area contributed by atoms with Crippen LogP contribution >= 0.6 is 0 Å². The lowest BCUT2D eigenvalue weighted by Crippen LogP contribution is -2.27. The maximum atomic E-state index is 12.0. The van der Waals surface area contributed by atoms with Crippen molar-refractivity contribution in [3.8, 4) is 11.3 Å². The van der Waals surface area contributed by atoms with Gasteiger partial charge in [-0.25, -0.2) is 14.2 Å². The van der Waals surface area contributed by atoms with E-state index < -0.39 is 17.8 Å². The van der Waals surface area contributed by atoms with Gasteiger partial charge < -0.3 is 9.84 Å². The number of carboxylic acid groups (broad SMARTS) is 1. The summed E-state index contributed by atoms with van der Waals surface area (Å²) in [5.74, 6) is 0. The van der Waals surface area contributed by atoms with Crippen LogP contribution in [0.3, 0.4) is 0 Å². The number of fused-ring (bicyclic) bond motifs is 1. The molecular weight excluding hydrogens is 344 g/mol. The molecular formula is C21H22N2O4. The van der Waals surface area contributed by atoms with Crippen LogP contribution in [-0.4, -0.2) is 27.5 Å². The van der Waals surface area contributed by atoms with Gasteiger partial charge >= 0.3 is 12.2 Å². The van der Waals surface area contributed by atoms with E-state index >= 15 is 0 Å². The molecule has 0 saturated carbocycles. The number of amides is 1. The first-order chi connectivity index (χ1) is 12.7. The van der Waals surface area contributed by atoms with Crippen LogP contribution in [0.4, 0.5) is 15.3 Å². The number of carbonyl (C=O) groups is 2. The van der Waals surface area contributed by atoms with Gasteiger partial charge in [0.25, 0.3) is 0 Å². The molecule has 1 aromatic heterocycles. The van der Waals surface area contributed by atoms with Gasteiger partial charge in [0.1, 0.15) is 5.60 Å². The van der Waals surface area contributed by atoms with Crippen LogP contribution in [0.25, 0.3) is 22.2 Å². The molecule has 0 spiro atoms. The molecule has 0 radical (unpaired) electrons. The van der Waals surface area contributed by atoms with Crippen molar-refractivity contribution in [2.75, 3.05) is 5.32 Å². The monoisotopic (exact) mass is 366 g/mol. The third-order valence-corrected chi connectivity index (χ3v) is 4.06. The Kier molecular flexibility index (Phi) is 4.66. The van der Waals surface area contributed by atoms with E-state index in [1.807, 2.05) is 37.3 Å². The van der Waals surface area contributed by atoms with Crippen molar-refractivity contribution in [2.24, 2.45) is 0 Å². The molecule has 6 nitrogen and oxygen atoms in total. The summed E-state index contributed by atoms with van der Waals surface area (Å²) in [6, 6.07) is 14.6. The minimum Gasteiger partial charge on any atom is -0.464 e. The molecule has 0 fully saturated rings. The molecule has 0 unspecified atom stereocenters. The van der Waals surface area contributed by atoms with Crippen molar-refractivity contribution >= 4 is 28.8 Å². The molecule has 2 aromatic carbocycles. The second-order valence-electron chi connectivity index (χ2n) is 7.36. The quantitative estimate of drug-likeness (QED) is 0.628. The van der Waals surface area contributed by atoms with Crippen LogP contribution < -0.4 is 5.32 Å². The molecule has 1 heterocycles. The van der Waals surface area contributed by atoms with E-state index in [2.05, 4.69) is 5.32 Å². The maximum absolute atomic E-state index is 12.0. The minimum absolute atomic E-state index is 0.466. The second-order valence-corrected chi connectivity index (χ2v) is 7.36. The highest BCUT2D eigenvalue weighted by Crippen LogP contribution is 2.31. The third-order valence-electron chi connectivity index (χ3n) is 4.06. The molecule has 6 heteroatoms. The largest absolute Gasteiger partial charge is 0.464 e. The summed E-state index contributed by atoms with van der Waals surface area (Å²) in [4.78, 5) is 24.0. The standard InChI is InChI=1S/C21H22N2O4/c1-13-7-5-6-8-16(13)18-11-14-9-10-15(12-17(14)23(18)20(25)26)22-19(24)27-21(2,3)4/h5-12H,1-4H3,(H,22,24)(H,25,26). The van der Waals surface area contributed by atoms with Gasteiger partial charge in [-0.05, 0) is 51.5 Å². The summed E-state index contributed by atoms with van der Waals surface area (Å²) in [6.45, 7) is 7.27. The number of hydrogen-bond acceptors (Lipinski definition) is 3. The zero-order valence-electron chi connectivity index (χ0n) is 15.7. The first-order valence-corrected chi connectivity index (χ1v) is 8.60. The van der Waals surface area contributed by atoms with Gasteiger partial charge in [0.2, 0.25) is 0 Å². The first kappa shape index (κ1) is 18.5. The van der Waals surface area contributed by atoms with Crippen molar-refractivity contribution in [1.29, 1.82) is 0 Å². The fraction of sp³-hybridized carbons (Fsp3) is 0.238. The van der Waals surface area contributed by atoms with E-state index in [9.17, 15) is 14.7 Å². The molecule has 0 aliphatic carbocycles. The molecule has 0 bridgehead atoms. The summed E-state index contributed by atoms with van der Waals surface area (Å²) in [7, 11) is 0. The lowest BCUT2D eigenvalue weighted by molar-refractivity contribution is 0.0636. The average molecular weight is 366 g/mol. The Morgan fingerprint density at radius 3 is 2.41 bits per heavy atom. The van der Waals surface area contributed by atoms with Crippen LogP contribution in [-0.2, 0) is 4.74 Å². The Labute approximate surface area is 157 Å². The SMILES string of the molecule is Cc1ccccc1-c1cc2ccc(NC(=O)OC(C)(C)C)cc2n1C(=O)O. The number of rotatable bonds is 2. The number of benzene rings is 2. The fourth-order valence-electron chi connectivity index (χ4n) is 2.96. The molecule has 2 N–H and O–H groups in total. The Morgan fingerprint density at radius 1 is 1.07 bits per heavy atom. The third kappa shape index (κ3) is 3.95. The normalized spacial score (nSPS) is 11.4. The van der Waals surface area contributed by atoms with Crippen LogP contribution in [0.15, 0.2) is 48.5 Å². The predicted molar refractivity (Wildman–Crippen MR) is 105 cm³/mol. The summed E-state index contributed by atoms with van der Waals surface area (Å²) in [5.41, 5.74) is 2.76. The number of anilines is 1. The second kappa shape index (κ2) is 6.79. The van der Waals surface area contributed by atoms with Crippen molar-refractivity contribution in [3.05, 3.63) is 54.1 Å². The van der Waals surface area contributed by atoms with Gasteiger partial charge in [-0.3, -0.25) is 5.32 Å². The van der Waals surface area contributed by atoms with E-state index in [0.29, 0.717) is 16.9 Å². The highest BCUT2D eigenvalue weighted by molar-refractivity contribution is 5.98. The lowest BCUT2D eigenvalue weighted by atomic mass is 10.1. The van der Waals surface area contributed by atoms with Gasteiger partial charge in [0.05, 0.1) is 11.2 Å². The van der Waals surface area contributed by atoms with Gasteiger partial charge in [-0.2, -0.15) is 0 Å². The number of nitrogens with zero attached hydrogens (tertiary/aromatic N) is 1. The number of aromatic nitrogens is 1. The lowest BCUT2D eigenvalue weighted by Gasteiger charge is -2.19. The summed E-state index contributed by atoms with van der Waals surface area (Å²) in [5, 5.41) is 13.2. The molecule has 27 heavy (non-hydrogen) atoms. The van der Waals surface area contributed by atoms with E-state index in [1.165, 1.54) is 4.57 Å². The Bertz CT molecular complexity index is 1030. The van der Waals surface area contributed by atoms with Crippen molar-refractivity contribution in [1.82, 2.24) is 4.57 Å². The average Bonchev–Trinajstić information content (AvgIpc) is 2.92. The molecule has 1 amide bonds. The Morgan fingerprint density at radius 2 is 1.78 bits per heavy atom. The molecule has 0 aliphatic rings. The first-order valence-electron chi connectivity index (χ1n) is 8.60. The summed E-state index contributed by atoms with van der Waals surface area (Å²) in [6.07, 6.45) is -1.67. The van der Waals surface area contributed by atoms with Gasteiger partial charge in [0, 0.05) is 16.6 Å². The zero-order chi connectivity index (χ0) is 19.8. The van der Waals surface area contributed by atoms with E-state index in [-0.39, 0.29) is 0 Å². The number of nitrogens with one attached hydrogen (secondary N) is 1. The topological polar surface area (TPSA) is 80.6 Å². The van der Waals surface area contributed by atoms with Gasteiger partial charge in [0.15, 0.2) is 0 Å². The van der Waals surface area contributed by atoms with Crippen LogP contribution in [0, 0.1) is 6.92 Å². The van der Waals surface area contributed by atoms with Crippen LogP contribution in [0.5, 0.6) is 0 Å². The summed E-state index contributed by atoms with van der Waals surface area (Å²) >= 11 is 0. The predicted octanol–water partition coefficient (Wildman–Crippen LogP) is 5.49. The fourth-order valence-corrected chi connectivity index (χ4v) is 2.96. The van der Waals surface area contributed by atoms with Crippen LogP contribution in [0.1, 0.15) is 26.3 Å². The number of ether oxygens (including phenoxy) is 1. The molecule has 140 valence electrons. The zero-order valence-corrected chi connectivity index (χ0v) is 15.7. The summed E-state index contributed by atoms with van der Waals surface area (Å²) < 4.78 is 6.48. The Hall–Kier alpha value is -3.28. The molecule has 3 rings (SSSR count). The minimum atomic E-state index is -1.09. The number of carbonyl (C=O) groups excluding carboxylic acids is 1. The number of hydrogen-bond donors (Lipinski definition) is 2. The molecule has 0 aliphatic heterocycles.